The highest BCUT2D eigenvalue weighted by Gasteiger charge is 2.36. The summed E-state index contributed by atoms with van der Waals surface area (Å²) in [4.78, 5) is 30.4. The molecule has 158 valence electrons. The van der Waals surface area contributed by atoms with E-state index < -0.39 is 11.9 Å². The van der Waals surface area contributed by atoms with Gasteiger partial charge in [-0.1, -0.05) is 0 Å². The number of hydrogen-bond donors (Lipinski definition) is 0. The number of halogens is 1. The predicted molar refractivity (Wildman–Crippen MR) is 107 cm³/mol. The molecule has 0 bridgehead atoms. The maximum Gasteiger partial charge on any atom is 0.268 e. The molecule has 1 saturated heterocycles. The molecule has 1 amide bonds. The molecule has 1 atom stereocenters. The minimum Gasteiger partial charge on any atom is -0.479 e. The van der Waals surface area contributed by atoms with Gasteiger partial charge in [-0.3, -0.25) is 9.59 Å². The van der Waals surface area contributed by atoms with Gasteiger partial charge in [-0.05, 0) is 37.1 Å². The first kappa shape index (κ1) is 20.3. The third-order valence-corrected chi connectivity index (χ3v) is 5.22. The lowest BCUT2D eigenvalue weighted by molar-refractivity contribution is -0.122. The van der Waals surface area contributed by atoms with Crippen LogP contribution < -0.4 is 14.4 Å². The molecule has 0 unspecified atom stereocenters. The van der Waals surface area contributed by atoms with Crippen molar-refractivity contribution in [1.29, 1.82) is 0 Å². The van der Waals surface area contributed by atoms with Crippen LogP contribution in [0.2, 0.25) is 0 Å². The van der Waals surface area contributed by atoms with Crippen LogP contribution in [-0.2, 0) is 16.0 Å². The summed E-state index contributed by atoms with van der Waals surface area (Å²) in [5.41, 5.74) is 1.22. The van der Waals surface area contributed by atoms with Gasteiger partial charge in [0, 0.05) is 43.3 Å². The van der Waals surface area contributed by atoms with Gasteiger partial charge in [0.05, 0.1) is 12.8 Å². The molecule has 1 aliphatic heterocycles. The molecule has 1 aliphatic carbocycles. The number of pyridine rings is 1. The highest BCUT2D eigenvalue weighted by atomic mass is 19.1. The molecule has 2 heterocycles. The van der Waals surface area contributed by atoms with Gasteiger partial charge in [0.2, 0.25) is 5.88 Å². The molecular formula is C22H23FN2O5. The van der Waals surface area contributed by atoms with Crippen LogP contribution in [0.15, 0.2) is 30.5 Å². The molecular weight excluding hydrogens is 391 g/mol. The number of anilines is 1. The Balaban J connectivity index is 1.39. The third-order valence-electron chi connectivity index (χ3n) is 5.22. The number of ether oxygens (including phenoxy) is 3. The average molecular weight is 414 g/mol. The van der Waals surface area contributed by atoms with Crippen molar-refractivity contribution in [3.8, 4) is 11.6 Å². The number of fused-ring (bicyclic) bond motifs is 1. The van der Waals surface area contributed by atoms with Gasteiger partial charge in [-0.25, -0.2) is 9.37 Å². The zero-order valence-electron chi connectivity index (χ0n) is 16.7. The van der Waals surface area contributed by atoms with Gasteiger partial charge >= 0.3 is 0 Å². The van der Waals surface area contributed by atoms with E-state index >= 15 is 0 Å². The summed E-state index contributed by atoms with van der Waals surface area (Å²) >= 11 is 0. The lowest BCUT2D eigenvalue weighted by Gasteiger charge is -2.18. The van der Waals surface area contributed by atoms with Gasteiger partial charge in [0.15, 0.2) is 11.9 Å². The van der Waals surface area contributed by atoms with E-state index in [0.29, 0.717) is 74.1 Å². The summed E-state index contributed by atoms with van der Waals surface area (Å²) in [7, 11) is 0. The standard InChI is InChI=1S/C22H23FN2O5/c1-2-28-9-10-29-21-6-3-15(13-24-21)30-20-7-8-25(22(20)27)14-11-17-16(18(23)12-14)4-5-19(17)26/h3,6,11-13,20H,2,4-5,7-10H2,1H3/t20-/m1/s1. The first-order valence-corrected chi connectivity index (χ1v) is 10.1. The Morgan fingerprint density at radius 2 is 2.07 bits per heavy atom. The van der Waals surface area contributed by atoms with Crippen LogP contribution in [0.1, 0.15) is 35.7 Å². The molecule has 8 heteroatoms. The zero-order valence-corrected chi connectivity index (χ0v) is 16.7. The molecule has 1 aromatic heterocycles. The van der Waals surface area contributed by atoms with Crippen molar-refractivity contribution in [2.45, 2.75) is 32.3 Å². The van der Waals surface area contributed by atoms with Crippen LogP contribution in [0.4, 0.5) is 10.1 Å². The van der Waals surface area contributed by atoms with Crippen LogP contribution in [0.25, 0.3) is 0 Å². The molecule has 2 aromatic rings. The Morgan fingerprint density at radius 3 is 2.83 bits per heavy atom. The fourth-order valence-corrected chi connectivity index (χ4v) is 3.71. The zero-order chi connectivity index (χ0) is 21.1. The molecule has 1 fully saturated rings. The SMILES string of the molecule is CCOCCOc1ccc(O[C@@H]2CCN(c3cc(F)c4c(c3)C(=O)CC4)C2=O)cn1. The van der Waals surface area contributed by atoms with E-state index in [9.17, 15) is 14.0 Å². The first-order valence-electron chi connectivity index (χ1n) is 10.1. The highest BCUT2D eigenvalue weighted by molar-refractivity contribution is 6.04. The van der Waals surface area contributed by atoms with E-state index in [1.807, 2.05) is 6.92 Å². The van der Waals surface area contributed by atoms with Crippen LogP contribution in [-0.4, -0.2) is 49.1 Å². The lowest BCUT2D eigenvalue weighted by atomic mass is 10.1. The minimum absolute atomic E-state index is 0.0835. The van der Waals surface area contributed by atoms with Crippen molar-refractivity contribution < 1.29 is 28.2 Å². The molecule has 0 N–H and O–H groups in total. The minimum atomic E-state index is -0.691. The number of aromatic nitrogens is 1. The molecule has 0 saturated carbocycles. The second kappa shape index (κ2) is 8.79. The average Bonchev–Trinajstić information content (AvgIpc) is 3.30. The van der Waals surface area contributed by atoms with E-state index in [-0.39, 0.29) is 11.7 Å². The maximum atomic E-state index is 14.4. The second-order valence-electron chi connectivity index (χ2n) is 7.14. The number of nitrogens with zero attached hydrogens (tertiary/aromatic N) is 2. The normalized spacial score (nSPS) is 18.1. The summed E-state index contributed by atoms with van der Waals surface area (Å²) in [5.74, 6) is 0.105. The molecule has 2 aliphatic rings. The number of Topliss-reactive ketones (excluding diaryl/α,β-unsaturated/α-hetero) is 1. The van der Waals surface area contributed by atoms with Crippen LogP contribution in [0, 0.1) is 5.82 Å². The smallest absolute Gasteiger partial charge is 0.268 e. The van der Waals surface area contributed by atoms with Gasteiger partial charge in [-0.2, -0.15) is 0 Å². The fourth-order valence-electron chi connectivity index (χ4n) is 3.71. The summed E-state index contributed by atoms with van der Waals surface area (Å²) in [6, 6.07) is 6.30. The lowest BCUT2D eigenvalue weighted by Crippen LogP contribution is -2.32. The van der Waals surface area contributed by atoms with E-state index in [1.165, 1.54) is 17.2 Å². The van der Waals surface area contributed by atoms with Crippen molar-refractivity contribution in [3.05, 3.63) is 47.4 Å². The Hall–Kier alpha value is -3.00. The summed E-state index contributed by atoms with van der Waals surface area (Å²) in [6.45, 7) is 3.82. The van der Waals surface area contributed by atoms with Crippen molar-refractivity contribution in [2.75, 3.05) is 31.3 Å². The quantitative estimate of drug-likeness (QED) is 0.618. The number of benzene rings is 1. The number of ketones is 1. The van der Waals surface area contributed by atoms with Gasteiger partial charge in [0.25, 0.3) is 5.91 Å². The summed E-state index contributed by atoms with van der Waals surface area (Å²) in [6.07, 6.45) is 1.99. The summed E-state index contributed by atoms with van der Waals surface area (Å²) in [5, 5.41) is 0. The van der Waals surface area contributed by atoms with Crippen molar-refractivity contribution >= 4 is 17.4 Å². The predicted octanol–water partition coefficient (Wildman–Crippen LogP) is 2.95. The highest BCUT2D eigenvalue weighted by Crippen LogP contribution is 2.32. The van der Waals surface area contributed by atoms with Crippen molar-refractivity contribution in [3.63, 3.8) is 0 Å². The fraction of sp³-hybridized carbons (Fsp3) is 0.409. The monoisotopic (exact) mass is 414 g/mol. The van der Waals surface area contributed by atoms with Gasteiger partial charge < -0.3 is 19.1 Å². The molecule has 1 aromatic carbocycles. The van der Waals surface area contributed by atoms with Crippen molar-refractivity contribution in [1.82, 2.24) is 4.98 Å². The molecule has 4 rings (SSSR count). The molecule has 0 spiro atoms. The summed E-state index contributed by atoms with van der Waals surface area (Å²) < 4.78 is 30.8. The van der Waals surface area contributed by atoms with E-state index in [2.05, 4.69) is 4.98 Å². The van der Waals surface area contributed by atoms with Crippen LogP contribution in [0.5, 0.6) is 11.6 Å². The maximum absolute atomic E-state index is 14.4. The van der Waals surface area contributed by atoms with E-state index in [1.54, 1.807) is 18.2 Å². The second-order valence-corrected chi connectivity index (χ2v) is 7.14. The third kappa shape index (κ3) is 4.14. The molecule has 30 heavy (non-hydrogen) atoms. The molecule has 0 radical (unpaired) electrons. The van der Waals surface area contributed by atoms with Crippen LogP contribution >= 0.6 is 0 Å². The van der Waals surface area contributed by atoms with E-state index in [4.69, 9.17) is 14.2 Å². The Kier molecular flexibility index (Phi) is 5.94. The number of amides is 1. The van der Waals surface area contributed by atoms with E-state index in [0.717, 1.165) is 0 Å². The van der Waals surface area contributed by atoms with Crippen molar-refractivity contribution in [2.24, 2.45) is 0 Å². The largest absolute Gasteiger partial charge is 0.479 e. The molecule has 7 nitrogen and oxygen atoms in total. The van der Waals surface area contributed by atoms with Gasteiger partial charge in [-0.15, -0.1) is 0 Å². The Morgan fingerprint density at radius 1 is 1.20 bits per heavy atom. The Labute approximate surface area is 173 Å². The Bertz CT molecular complexity index is 947. The number of carbonyl (C=O) groups excluding carboxylic acids is 2. The topological polar surface area (TPSA) is 78.0 Å². The number of rotatable bonds is 8. The van der Waals surface area contributed by atoms with Crippen LogP contribution in [0.3, 0.4) is 0 Å². The number of carbonyl (C=O) groups is 2. The van der Waals surface area contributed by atoms with Gasteiger partial charge in [0.1, 0.15) is 18.2 Å². The number of hydrogen-bond acceptors (Lipinski definition) is 6. The first-order chi connectivity index (χ1) is 14.6.